The highest BCUT2D eigenvalue weighted by atomic mass is 35.5. The predicted octanol–water partition coefficient (Wildman–Crippen LogP) is 2.47. The van der Waals surface area contributed by atoms with Crippen LogP contribution in [-0.2, 0) is 16.0 Å². The van der Waals surface area contributed by atoms with Gasteiger partial charge in [0.2, 0.25) is 0 Å². The largest absolute Gasteiger partial charge is 0.467 e. The average molecular weight is 311 g/mol. The van der Waals surface area contributed by atoms with E-state index in [4.69, 9.17) is 16.3 Å². The smallest absolute Gasteiger partial charge is 0.328 e. The number of piperidine rings is 1. The lowest BCUT2D eigenvalue weighted by atomic mass is 10.0. The summed E-state index contributed by atoms with van der Waals surface area (Å²) in [6, 6.07) is 2.77. The molecule has 0 unspecified atom stereocenters. The first kappa shape index (κ1) is 15.8. The number of carbonyl (C=O) groups excluding carboxylic acids is 2. The van der Waals surface area contributed by atoms with Gasteiger partial charge in [0.05, 0.1) is 7.11 Å². The first-order valence-electron chi connectivity index (χ1n) is 7.12. The number of ether oxygens (including phenoxy) is 1. The summed E-state index contributed by atoms with van der Waals surface area (Å²) in [4.78, 5) is 30.3. The van der Waals surface area contributed by atoms with Gasteiger partial charge in [0.25, 0.3) is 5.91 Å². The molecule has 1 atom stereocenters. The van der Waals surface area contributed by atoms with Gasteiger partial charge in [-0.15, -0.1) is 0 Å². The van der Waals surface area contributed by atoms with Crippen LogP contribution in [0.25, 0.3) is 0 Å². The number of likely N-dealkylation sites (tertiary alicyclic amines) is 1. The molecular formula is C15H19ClN2O3. The fourth-order valence-corrected chi connectivity index (χ4v) is 2.80. The Labute approximate surface area is 129 Å². The Morgan fingerprint density at radius 3 is 2.86 bits per heavy atom. The Kier molecular flexibility index (Phi) is 5.17. The number of pyridine rings is 1. The molecule has 0 aliphatic carbocycles. The number of nitrogens with zero attached hydrogens (tertiary/aromatic N) is 2. The quantitative estimate of drug-likeness (QED) is 0.635. The van der Waals surface area contributed by atoms with Gasteiger partial charge < -0.3 is 9.64 Å². The number of aromatic nitrogens is 1. The molecule has 1 aromatic heterocycles. The Balaban J connectivity index is 2.28. The summed E-state index contributed by atoms with van der Waals surface area (Å²) in [6.07, 6.45) is 3.14. The van der Waals surface area contributed by atoms with Gasteiger partial charge in [-0.25, -0.2) is 9.78 Å². The Morgan fingerprint density at radius 2 is 2.19 bits per heavy atom. The number of hydrogen-bond acceptors (Lipinski definition) is 4. The van der Waals surface area contributed by atoms with E-state index in [1.54, 1.807) is 17.0 Å². The van der Waals surface area contributed by atoms with Gasteiger partial charge >= 0.3 is 5.97 Å². The van der Waals surface area contributed by atoms with Gasteiger partial charge in [-0.3, -0.25) is 4.79 Å². The molecule has 0 spiro atoms. The maximum absolute atomic E-state index is 12.7. The van der Waals surface area contributed by atoms with E-state index in [-0.39, 0.29) is 11.9 Å². The second-order valence-electron chi connectivity index (χ2n) is 5.06. The lowest BCUT2D eigenvalue weighted by molar-refractivity contribution is -0.147. The second-order valence-corrected chi connectivity index (χ2v) is 5.44. The molecule has 5 nitrogen and oxygen atoms in total. The van der Waals surface area contributed by atoms with E-state index in [9.17, 15) is 9.59 Å². The molecule has 0 bridgehead atoms. The summed E-state index contributed by atoms with van der Waals surface area (Å²) in [7, 11) is 1.35. The van der Waals surface area contributed by atoms with Crippen molar-refractivity contribution in [1.82, 2.24) is 9.88 Å². The van der Waals surface area contributed by atoms with Crippen molar-refractivity contribution in [3.63, 3.8) is 0 Å². The minimum atomic E-state index is -0.506. The van der Waals surface area contributed by atoms with Crippen LogP contribution in [-0.4, -0.2) is 41.5 Å². The lowest BCUT2D eigenvalue weighted by Crippen LogP contribution is -2.48. The first-order chi connectivity index (χ1) is 10.1. The molecular weight excluding hydrogens is 292 g/mol. The van der Waals surface area contributed by atoms with E-state index in [2.05, 4.69) is 4.98 Å². The molecule has 1 aliphatic rings. The summed E-state index contributed by atoms with van der Waals surface area (Å²) in [5.41, 5.74) is 1.24. The molecule has 1 saturated heterocycles. The van der Waals surface area contributed by atoms with Gasteiger partial charge in [0, 0.05) is 17.8 Å². The standard InChI is InChI=1S/C15H19ClN2O3/c1-3-11-8-10(9-13(16)17-11)14(19)18-7-5-4-6-12(18)15(20)21-2/h8-9,12H,3-7H2,1-2H3/t12-/m1/s1. The molecule has 0 radical (unpaired) electrons. The third-order valence-corrected chi connectivity index (χ3v) is 3.89. The molecule has 1 amide bonds. The molecule has 6 heteroatoms. The van der Waals surface area contributed by atoms with Crippen LogP contribution in [0, 0.1) is 0 Å². The van der Waals surface area contributed by atoms with Gasteiger partial charge in [0.15, 0.2) is 0 Å². The van der Waals surface area contributed by atoms with Crippen molar-refractivity contribution in [1.29, 1.82) is 0 Å². The van der Waals surface area contributed by atoms with Crippen molar-refractivity contribution in [2.24, 2.45) is 0 Å². The van der Waals surface area contributed by atoms with Crippen LogP contribution < -0.4 is 0 Å². The van der Waals surface area contributed by atoms with Gasteiger partial charge in [-0.1, -0.05) is 18.5 Å². The fourth-order valence-electron chi connectivity index (χ4n) is 2.58. The van der Waals surface area contributed by atoms with Crippen LogP contribution in [0.3, 0.4) is 0 Å². The maximum atomic E-state index is 12.7. The van der Waals surface area contributed by atoms with Gasteiger partial charge in [0.1, 0.15) is 11.2 Å². The van der Waals surface area contributed by atoms with Crippen molar-refractivity contribution < 1.29 is 14.3 Å². The fraction of sp³-hybridized carbons (Fsp3) is 0.533. The first-order valence-corrected chi connectivity index (χ1v) is 7.50. The second kappa shape index (κ2) is 6.89. The van der Waals surface area contributed by atoms with Gasteiger partial charge in [-0.2, -0.15) is 0 Å². The van der Waals surface area contributed by atoms with E-state index in [1.165, 1.54) is 7.11 Å². The van der Waals surface area contributed by atoms with Crippen LogP contribution in [0.5, 0.6) is 0 Å². The van der Waals surface area contributed by atoms with Crippen LogP contribution in [0.2, 0.25) is 5.15 Å². The third-order valence-electron chi connectivity index (χ3n) is 3.69. The zero-order valence-corrected chi connectivity index (χ0v) is 13.0. The summed E-state index contributed by atoms with van der Waals surface area (Å²) >= 11 is 5.96. The number of hydrogen-bond donors (Lipinski definition) is 0. The molecule has 114 valence electrons. The molecule has 0 saturated carbocycles. The third kappa shape index (κ3) is 3.53. The number of esters is 1. The van der Waals surface area contributed by atoms with E-state index < -0.39 is 6.04 Å². The van der Waals surface area contributed by atoms with Crippen molar-refractivity contribution >= 4 is 23.5 Å². The molecule has 1 aromatic rings. The number of rotatable bonds is 3. The number of amides is 1. The summed E-state index contributed by atoms with van der Waals surface area (Å²) in [5, 5.41) is 0.296. The normalized spacial score (nSPS) is 18.4. The highest BCUT2D eigenvalue weighted by Gasteiger charge is 2.33. The SMILES string of the molecule is CCc1cc(C(=O)N2CCCC[C@@H]2C(=O)OC)cc(Cl)n1. The van der Waals surface area contributed by atoms with Crippen molar-refractivity contribution in [3.05, 3.63) is 28.5 Å². The zero-order chi connectivity index (χ0) is 15.4. The van der Waals surface area contributed by atoms with Crippen LogP contribution in [0.4, 0.5) is 0 Å². The molecule has 0 aromatic carbocycles. The summed E-state index contributed by atoms with van der Waals surface area (Å²) in [6.45, 7) is 2.51. The highest BCUT2D eigenvalue weighted by molar-refractivity contribution is 6.29. The van der Waals surface area contributed by atoms with Crippen molar-refractivity contribution in [2.45, 2.75) is 38.6 Å². The molecule has 21 heavy (non-hydrogen) atoms. The number of methoxy groups -OCH3 is 1. The lowest BCUT2D eigenvalue weighted by Gasteiger charge is -2.33. The van der Waals surface area contributed by atoms with Crippen molar-refractivity contribution in [2.75, 3.05) is 13.7 Å². The monoisotopic (exact) mass is 310 g/mol. The number of carbonyl (C=O) groups is 2. The Bertz CT molecular complexity index is 548. The number of aryl methyl sites for hydroxylation is 1. The van der Waals surface area contributed by atoms with E-state index >= 15 is 0 Å². The minimum absolute atomic E-state index is 0.191. The minimum Gasteiger partial charge on any atom is -0.467 e. The van der Waals surface area contributed by atoms with E-state index in [1.807, 2.05) is 6.92 Å². The Morgan fingerprint density at radius 1 is 1.43 bits per heavy atom. The molecule has 1 aliphatic heterocycles. The highest BCUT2D eigenvalue weighted by Crippen LogP contribution is 2.22. The van der Waals surface area contributed by atoms with Gasteiger partial charge in [-0.05, 0) is 37.8 Å². The van der Waals surface area contributed by atoms with Crippen molar-refractivity contribution in [3.8, 4) is 0 Å². The topological polar surface area (TPSA) is 59.5 Å². The Hall–Kier alpha value is -1.62. The summed E-state index contributed by atoms with van der Waals surface area (Å²) < 4.78 is 4.80. The van der Waals surface area contributed by atoms with Crippen LogP contribution in [0.1, 0.15) is 42.2 Å². The molecule has 0 N–H and O–H groups in total. The maximum Gasteiger partial charge on any atom is 0.328 e. The molecule has 2 heterocycles. The summed E-state index contributed by atoms with van der Waals surface area (Å²) in [5.74, 6) is -0.553. The number of halogens is 1. The average Bonchev–Trinajstić information content (AvgIpc) is 2.52. The predicted molar refractivity (Wildman–Crippen MR) is 79.3 cm³/mol. The van der Waals surface area contributed by atoms with Crippen LogP contribution in [0.15, 0.2) is 12.1 Å². The molecule has 1 fully saturated rings. The van der Waals surface area contributed by atoms with Crippen LogP contribution >= 0.6 is 11.6 Å². The zero-order valence-electron chi connectivity index (χ0n) is 12.3. The van der Waals surface area contributed by atoms with E-state index in [0.29, 0.717) is 30.1 Å². The van der Waals surface area contributed by atoms with E-state index in [0.717, 1.165) is 18.5 Å². The molecule has 2 rings (SSSR count).